The van der Waals surface area contributed by atoms with Gasteiger partial charge in [-0.15, -0.1) is 0 Å². The second-order valence-corrected chi connectivity index (χ2v) is 4.40. The van der Waals surface area contributed by atoms with Crippen molar-refractivity contribution in [3.05, 3.63) is 53.4 Å². The first kappa shape index (κ1) is 9.54. The van der Waals surface area contributed by atoms with E-state index in [-0.39, 0.29) is 0 Å². The Morgan fingerprint density at radius 2 is 2.12 bits per heavy atom. The topological polar surface area (TPSA) is 30.7 Å². The third-order valence-electron chi connectivity index (χ3n) is 2.38. The lowest BCUT2D eigenvalue weighted by Gasteiger charge is -1.97. The number of nitrogens with zero attached hydrogens (tertiary/aromatic N) is 3. The highest BCUT2D eigenvalue weighted by Crippen LogP contribution is 2.19. The maximum atomic E-state index is 4.48. The molecule has 0 spiro atoms. The summed E-state index contributed by atoms with van der Waals surface area (Å²) in [6, 6.07) is 9.91. The minimum Gasteiger partial charge on any atom is -0.262 e. The molecule has 3 aromatic rings. The Kier molecular flexibility index (Phi) is 2.22. The molecule has 0 atom stereocenters. The fourth-order valence-corrected chi connectivity index (χ4v) is 2.00. The van der Waals surface area contributed by atoms with Gasteiger partial charge in [0.05, 0.1) is 17.4 Å². The summed E-state index contributed by atoms with van der Waals surface area (Å²) < 4.78 is 2.90. The minimum atomic E-state index is 0.967. The van der Waals surface area contributed by atoms with Crippen LogP contribution in [0.5, 0.6) is 0 Å². The van der Waals surface area contributed by atoms with Gasteiger partial charge in [-0.25, -0.2) is 4.68 Å². The fourth-order valence-electron chi connectivity index (χ4n) is 1.62. The van der Waals surface area contributed by atoms with E-state index >= 15 is 0 Å². The summed E-state index contributed by atoms with van der Waals surface area (Å²) >= 11 is 3.45. The van der Waals surface area contributed by atoms with E-state index in [2.05, 4.69) is 32.1 Å². The van der Waals surface area contributed by atoms with Crippen LogP contribution in [-0.4, -0.2) is 14.8 Å². The lowest BCUT2D eigenvalue weighted by molar-refractivity contribution is 0.889. The Bertz CT molecular complexity index is 631. The molecule has 0 unspecified atom stereocenters. The van der Waals surface area contributed by atoms with Crippen LogP contribution in [0.25, 0.3) is 16.6 Å². The molecule has 0 aliphatic heterocycles. The van der Waals surface area contributed by atoms with Crippen molar-refractivity contribution < 1.29 is 0 Å². The monoisotopic (exact) mass is 273 g/mol. The summed E-state index contributed by atoms with van der Waals surface area (Å²) in [4.78, 5) is 4.08. The Labute approximate surface area is 101 Å². The minimum absolute atomic E-state index is 0.967. The van der Waals surface area contributed by atoms with E-state index in [9.17, 15) is 0 Å². The SMILES string of the molecule is Brc1ccc2nn(-c3cccnc3)cc2c1. The molecule has 0 saturated heterocycles. The van der Waals surface area contributed by atoms with Crippen molar-refractivity contribution in [3.8, 4) is 5.69 Å². The summed E-state index contributed by atoms with van der Waals surface area (Å²) in [7, 11) is 0. The van der Waals surface area contributed by atoms with E-state index < -0.39 is 0 Å². The quantitative estimate of drug-likeness (QED) is 0.682. The maximum absolute atomic E-state index is 4.48. The lowest BCUT2D eigenvalue weighted by atomic mass is 10.3. The number of benzene rings is 1. The average Bonchev–Trinajstić information content (AvgIpc) is 2.73. The van der Waals surface area contributed by atoms with Gasteiger partial charge in [-0.3, -0.25) is 4.98 Å². The van der Waals surface area contributed by atoms with Crippen molar-refractivity contribution in [2.24, 2.45) is 0 Å². The second kappa shape index (κ2) is 3.72. The van der Waals surface area contributed by atoms with E-state index in [4.69, 9.17) is 0 Å². The molecule has 0 aliphatic rings. The summed E-state index contributed by atoms with van der Waals surface area (Å²) in [6.45, 7) is 0. The normalized spacial score (nSPS) is 10.8. The molecule has 3 nitrogen and oxygen atoms in total. The van der Waals surface area contributed by atoms with E-state index in [1.54, 1.807) is 12.4 Å². The molecule has 78 valence electrons. The molecule has 2 heterocycles. The number of rotatable bonds is 1. The molecule has 16 heavy (non-hydrogen) atoms. The van der Waals surface area contributed by atoms with E-state index in [0.29, 0.717) is 0 Å². The highest BCUT2D eigenvalue weighted by atomic mass is 79.9. The van der Waals surface area contributed by atoms with Crippen LogP contribution in [0.15, 0.2) is 53.4 Å². The standard InChI is InChI=1S/C12H8BrN3/c13-10-3-4-12-9(6-10)8-16(15-12)11-2-1-5-14-7-11/h1-8H. The van der Waals surface area contributed by atoms with Crippen molar-refractivity contribution in [1.29, 1.82) is 0 Å². The van der Waals surface area contributed by atoms with Crippen LogP contribution in [0, 0.1) is 0 Å². The van der Waals surface area contributed by atoms with E-state index in [1.807, 2.05) is 35.1 Å². The summed E-state index contributed by atoms with van der Waals surface area (Å²) in [6.07, 6.45) is 5.54. The fraction of sp³-hybridized carbons (Fsp3) is 0. The van der Waals surface area contributed by atoms with Gasteiger partial charge >= 0.3 is 0 Å². The third kappa shape index (κ3) is 1.61. The van der Waals surface area contributed by atoms with Gasteiger partial charge in [-0.2, -0.15) is 5.10 Å². The number of hydrogen-bond acceptors (Lipinski definition) is 2. The molecule has 4 heteroatoms. The van der Waals surface area contributed by atoms with Crippen LogP contribution in [0.3, 0.4) is 0 Å². The smallest absolute Gasteiger partial charge is 0.0928 e. The predicted molar refractivity (Wildman–Crippen MR) is 66.6 cm³/mol. The van der Waals surface area contributed by atoms with Crippen molar-refractivity contribution in [3.63, 3.8) is 0 Å². The first-order valence-electron chi connectivity index (χ1n) is 4.88. The number of fused-ring (bicyclic) bond motifs is 1. The Balaban J connectivity index is 2.19. The predicted octanol–water partition coefficient (Wildman–Crippen LogP) is 3.18. The van der Waals surface area contributed by atoms with Gasteiger partial charge in [0, 0.05) is 22.3 Å². The molecule has 0 N–H and O–H groups in total. The van der Waals surface area contributed by atoms with Gasteiger partial charge in [0.1, 0.15) is 0 Å². The molecule has 0 bridgehead atoms. The maximum Gasteiger partial charge on any atom is 0.0928 e. The molecule has 0 aliphatic carbocycles. The lowest BCUT2D eigenvalue weighted by Crippen LogP contribution is -1.93. The first-order valence-corrected chi connectivity index (χ1v) is 5.67. The molecule has 0 fully saturated rings. The number of aromatic nitrogens is 3. The molecule has 1 aromatic carbocycles. The third-order valence-corrected chi connectivity index (χ3v) is 2.87. The van der Waals surface area contributed by atoms with Crippen LogP contribution in [-0.2, 0) is 0 Å². The first-order chi connectivity index (χ1) is 7.83. The zero-order valence-corrected chi connectivity index (χ0v) is 9.92. The molecule has 3 rings (SSSR count). The molecule has 2 aromatic heterocycles. The second-order valence-electron chi connectivity index (χ2n) is 3.49. The van der Waals surface area contributed by atoms with Crippen LogP contribution in [0.1, 0.15) is 0 Å². The molecule has 0 amide bonds. The van der Waals surface area contributed by atoms with Gasteiger partial charge in [0.25, 0.3) is 0 Å². The van der Waals surface area contributed by atoms with Crippen LogP contribution in [0.4, 0.5) is 0 Å². The molecular weight excluding hydrogens is 266 g/mol. The van der Waals surface area contributed by atoms with Gasteiger partial charge in [-0.1, -0.05) is 15.9 Å². The highest BCUT2D eigenvalue weighted by Gasteiger charge is 2.02. The summed E-state index contributed by atoms with van der Waals surface area (Å²) in [5.41, 5.74) is 1.95. The van der Waals surface area contributed by atoms with Gasteiger partial charge in [0.15, 0.2) is 0 Å². The van der Waals surface area contributed by atoms with Crippen molar-refractivity contribution in [2.45, 2.75) is 0 Å². The summed E-state index contributed by atoms with van der Waals surface area (Å²) in [5.74, 6) is 0. The summed E-state index contributed by atoms with van der Waals surface area (Å²) in [5, 5.41) is 5.59. The number of hydrogen-bond donors (Lipinski definition) is 0. The van der Waals surface area contributed by atoms with E-state index in [1.165, 1.54) is 0 Å². The van der Waals surface area contributed by atoms with Crippen LogP contribution in [0.2, 0.25) is 0 Å². The average molecular weight is 274 g/mol. The largest absolute Gasteiger partial charge is 0.262 e. The van der Waals surface area contributed by atoms with Crippen molar-refractivity contribution in [2.75, 3.05) is 0 Å². The van der Waals surface area contributed by atoms with E-state index in [0.717, 1.165) is 21.1 Å². The zero-order chi connectivity index (χ0) is 11.0. The number of pyridine rings is 1. The van der Waals surface area contributed by atoms with Crippen LogP contribution < -0.4 is 0 Å². The Morgan fingerprint density at radius 1 is 1.19 bits per heavy atom. The van der Waals surface area contributed by atoms with Crippen molar-refractivity contribution >= 4 is 26.8 Å². The molecule has 0 radical (unpaired) electrons. The zero-order valence-electron chi connectivity index (χ0n) is 8.34. The van der Waals surface area contributed by atoms with Crippen molar-refractivity contribution in [1.82, 2.24) is 14.8 Å². The van der Waals surface area contributed by atoms with Gasteiger partial charge < -0.3 is 0 Å². The highest BCUT2D eigenvalue weighted by molar-refractivity contribution is 9.10. The molecular formula is C12H8BrN3. The number of halogens is 1. The van der Waals surface area contributed by atoms with Gasteiger partial charge in [0.2, 0.25) is 0 Å². The Morgan fingerprint density at radius 3 is 2.94 bits per heavy atom. The molecule has 0 saturated carbocycles. The van der Waals surface area contributed by atoms with Gasteiger partial charge in [-0.05, 0) is 30.3 Å². The Hall–Kier alpha value is -1.68. The van der Waals surface area contributed by atoms with Crippen LogP contribution >= 0.6 is 15.9 Å².